The molecule has 30 heavy (non-hydrogen) atoms. The standard InChI is InChI=1S/C24H29N5O/c1-2-8-20(9-3-1)16-28-14-6-11-24(18-28)12-7-15-29(19-24)17-22-26-23(27-30-22)21-10-4-5-13-25-21/h1-5,8-10,13H,6-7,11-12,14-19H2/t24-/m1/s1. The van der Waals surface area contributed by atoms with Crippen LogP contribution >= 0.6 is 0 Å². The summed E-state index contributed by atoms with van der Waals surface area (Å²) in [6.07, 6.45) is 6.91. The van der Waals surface area contributed by atoms with E-state index in [0.717, 1.165) is 31.9 Å². The lowest BCUT2D eigenvalue weighted by Gasteiger charge is -2.48. The number of rotatable bonds is 5. The first-order valence-corrected chi connectivity index (χ1v) is 11.0. The molecule has 6 heteroatoms. The van der Waals surface area contributed by atoms with E-state index in [0.29, 0.717) is 17.1 Å². The van der Waals surface area contributed by atoms with Crippen LogP contribution in [0.2, 0.25) is 0 Å². The van der Waals surface area contributed by atoms with Gasteiger partial charge in [0.25, 0.3) is 0 Å². The van der Waals surface area contributed by atoms with Crippen molar-refractivity contribution < 1.29 is 4.52 Å². The first-order valence-electron chi connectivity index (χ1n) is 11.0. The number of aromatic nitrogens is 3. The molecule has 1 spiro atoms. The third-order valence-electron chi connectivity index (χ3n) is 6.45. The molecule has 156 valence electrons. The molecule has 0 amide bonds. The molecular formula is C24H29N5O. The van der Waals surface area contributed by atoms with Crippen molar-refractivity contribution in [2.24, 2.45) is 5.41 Å². The summed E-state index contributed by atoms with van der Waals surface area (Å²) in [6, 6.07) is 16.6. The van der Waals surface area contributed by atoms with E-state index in [1.54, 1.807) is 6.20 Å². The van der Waals surface area contributed by atoms with Crippen LogP contribution in [0.4, 0.5) is 0 Å². The number of hydrogen-bond donors (Lipinski definition) is 0. The summed E-state index contributed by atoms with van der Waals surface area (Å²) in [5, 5.41) is 4.13. The summed E-state index contributed by atoms with van der Waals surface area (Å²) in [6.45, 7) is 6.37. The molecule has 1 atom stereocenters. The molecule has 2 aliphatic heterocycles. The second kappa shape index (κ2) is 8.66. The lowest BCUT2D eigenvalue weighted by molar-refractivity contribution is 0.00462. The van der Waals surface area contributed by atoms with Gasteiger partial charge in [-0.15, -0.1) is 0 Å². The predicted octanol–water partition coefficient (Wildman–Crippen LogP) is 4.01. The second-order valence-corrected chi connectivity index (χ2v) is 8.84. The Bertz CT molecular complexity index is 940. The van der Waals surface area contributed by atoms with E-state index in [1.165, 1.54) is 44.3 Å². The van der Waals surface area contributed by atoms with Crippen LogP contribution in [-0.4, -0.2) is 51.1 Å². The number of likely N-dealkylation sites (tertiary alicyclic amines) is 2. The van der Waals surface area contributed by atoms with Gasteiger partial charge >= 0.3 is 0 Å². The van der Waals surface area contributed by atoms with E-state index in [4.69, 9.17) is 4.52 Å². The molecule has 6 nitrogen and oxygen atoms in total. The van der Waals surface area contributed by atoms with Gasteiger partial charge in [0.1, 0.15) is 5.69 Å². The smallest absolute Gasteiger partial charge is 0.241 e. The van der Waals surface area contributed by atoms with Crippen molar-refractivity contribution in [1.29, 1.82) is 0 Å². The molecule has 3 aromatic rings. The molecular weight excluding hydrogens is 374 g/mol. The van der Waals surface area contributed by atoms with Crippen molar-refractivity contribution in [3.05, 3.63) is 66.2 Å². The number of pyridine rings is 1. The van der Waals surface area contributed by atoms with Gasteiger partial charge in [0.2, 0.25) is 11.7 Å². The fourth-order valence-electron chi connectivity index (χ4n) is 5.17. The minimum atomic E-state index is 0.384. The molecule has 0 unspecified atom stereocenters. The Hall–Kier alpha value is -2.57. The maximum Gasteiger partial charge on any atom is 0.241 e. The van der Waals surface area contributed by atoms with Gasteiger partial charge in [-0.1, -0.05) is 41.6 Å². The number of nitrogens with zero attached hydrogens (tertiary/aromatic N) is 5. The van der Waals surface area contributed by atoms with Crippen LogP contribution in [0.3, 0.4) is 0 Å². The Balaban J connectivity index is 1.23. The maximum absolute atomic E-state index is 5.54. The summed E-state index contributed by atoms with van der Waals surface area (Å²) in [4.78, 5) is 14.1. The van der Waals surface area contributed by atoms with Gasteiger partial charge in [-0.05, 0) is 61.9 Å². The van der Waals surface area contributed by atoms with Crippen LogP contribution in [0, 0.1) is 5.41 Å². The van der Waals surface area contributed by atoms with Crippen LogP contribution in [0.1, 0.15) is 37.1 Å². The Morgan fingerprint density at radius 2 is 1.60 bits per heavy atom. The quantitative estimate of drug-likeness (QED) is 0.642. The zero-order chi connectivity index (χ0) is 20.2. The molecule has 2 aliphatic rings. The minimum absolute atomic E-state index is 0.384. The monoisotopic (exact) mass is 403 g/mol. The molecule has 1 aromatic carbocycles. The van der Waals surface area contributed by atoms with Crippen LogP contribution in [0.5, 0.6) is 0 Å². The lowest BCUT2D eigenvalue weighted by Crippen LogP contribution is -2.51. The Morgan fingerprint density at radius 3 is 2.33 bits per heavy atom. The van der Waals surface area contributed by atoms with E-state index in [9.17, 15) is 0 Å². The molecule has 0 aliphatic carbocycles. The molecule has 5 rings (SSSR count). The van der Waals surface area contributed by atoms with Crippen molar-refractivity contribution in [1.82, 2.24) is 24.9 Å². The third kappa shape index (κ3) is 4.45. The summed E-state index contributed by atoms with van der Waals surface area (Å²) in [5.74, 6) is 1.26. The van der Waals surface area contributed by atoms with Crippen LogP contribution in [0.25, 0.3) is 11.5 Å². The molecule has 2 saturated heterocycles. The average molecular weight is 404 g/mol. The SMILES string of the molecule is c1ccc(CN2CCC[C@@]3(CCCN(Cc4nc(-c5ccccn5)no4)C3)C2)cc1. The molecule has 2 fully saturated rings. The fourth-order valence-corrected chi connectivity index (χ4v) is 5.17. The molecule has 4 heterocycles. The summed E-state index contributed by atoms with van der Waals surface area (Å²) < 4.78 is 5.54. The third-order valence-corrected chi connectivity index (χ3v) is 6.45. The lowest BCUT2D eigenvalue weighted by atomic mass is 9.73. The van der Waals surface area contributed by atoms with Gasteiger partial charge in [-0.3, -0.25) is 14.8 Å². The van der Waals surface area contributed by atoms with E-state index in [1.807, 2.05) is 18.2 Å². The van der Waals surface area contributed by atoms with E-state index in [-0.39, 0.29) is 0 Å². The highest BCUT2D eigenvalue weighted by molar-refractivity contribution is 5.46. The second-order valence-electron chi connectivity index (χ2n) is 8.84. The number of benzene rings is 1. The van der Waals surface area contributed by atoms with Gasteiger partial charge in [0.15, 0.2) is 0 Å². The molecule has 0 bridgehead atoms. The molecule has 0 radical (unpaired) electrons. The predicted molar refractivity (Wildman–Crippen MR) is 115 cm³/mol. The van der Waals surface area contributed by atoms with Gasteiger partial charge in [0.05, 0.1) is 6.54 Å². The number of piperidine rings is 2. The van der Waals surface area contributed by atoms with Crippen molar-refractivity contribution in [2.45, 2.75) is 38.8 Å². The fraction of sp³-hybridized carbons (Fsp3) is 0.458. The van der Waals surface area contributed by atoms with E-state index in [2.05, 4.69) is 55.3 Å². The zero-order valence-electron chi connectivity index (χ0n) is 17.4. The topological polar surface area (TPSA) is 58.3 Å². The minimum Gasteiger partial charge on any atom is -0.337 e. The Labute approximate surface area is 177 Å². The highest BCUT2D eigenvalue weighted by Crippen LogP contribution is 2.39. The summed E-state index contributed by atoms with van der Waals surface area (Å²) in [5.41, 5.74) is 2.55. The van der Waals surface area contributed by atoms with Crippen molar-refractivity contribution in [2.75, 3.05) is 26.2 Å². The molecule has 0 saturated carbocycles. The van der Waals surface area contributed by atoms with E-state index < -0.39 is 0 Å². The van der Waals surface area contributed by atoms with Crippen molar-refractivity contribution in [3.8, 4) is 11.5 Å². The maximum atomic E-state index is 5.54. The van der Waals surface area contributed by atoms with Crippen LogP contribution in [0.15, 0.2) is 59.3 Å². The summed E-state index contributed by atoms with van der Waals surface area (Å²) >= 11 is 0. The summed E-state index contributed by atoms with van der Waals surface area (Å²) in [7, 11) is 0. The zero-order valence-corrected chi connectivity index (χ0v) is 17.4. The first-order chi connectivity index (χ1) is 14.8. The highest BCUT2D eigenvalue weighted by atomic mass is 16.5. The van der Waals surface area contributed by atoms with Crippen molar-refractivity contribution in [3.63, 3.8) is 0 Å². The Morgan fingerprint density at radius 1 is 0.867 bits per heavy atom. The van der Waals surface area contributed by atoms with Gasteiger partial charge in [-0.2, -0.15) is 4.98 Å². The normalized spacial score (nSPS) is 23.1. The van der Waals surface area contributed by atoms with Gasteiger partial charge in [-0.25, -0.2) is 0 Å². The largest absolute Gasteiger partial charge is 0.337 e. The first kappa shape index (κ1) is 19.4. The van der Waals surface area contributed by atoms with Crippen molar-refractivity contribution >= 4 is 0 Å². The average Bonchev–Trinajstić information content (AvgIpc) is 3.24. The molecule has 2 aromatic heterocycles. The molecule has 0 N–H and O–H groups in total. The Kier molecular flexibility index (Phi) is 5.60. The van der Waals surface area contributed by atoms with Crippen LogP contribution < -0.4 is 0 Å². The van der Waals surface area contributed by atoms with Crippen LogP contribution in [-0.2, 0) is 13.1 Å². The van der Waals surface area contributed by atoms with Gasteiger partial charge < -0.3 is 4.52 Å². The highest BCUT2D eigenvalue weighted by Gasteiger charge is 2.39. The van der Waals surface area contributed by atoms with E-state index >= 15 is 0 Å². The van der Waals surface area contributed by atoms with Gasteiger partial charge in [0, 0.05) is 25.8 Å². The number of hydrogen-bond acceptors (Lipinski definition) is 6.